The van der Waals surface area contributed by atoms with E-state index in [9.17, 15) is 9.59 Å². The fraction of sp³-hybridized carbons (Fsp3) is 0.190. The van der Waals surface area contributed by atoms with E-state index in [4.69, 9.17) is 22.7 Å². The maximum Gasteiger partial charge on any atom is 0.338 e. The Morgan fingerprint density at radius 1 is 1.14 bits per heavy atom. The van der Waals surface area contributed by atoms with Crippen LogP contribution >= 0.6 is 23.6 Å². The molecule has 3 N–H and O–H groups in total. The van der Waals surface area contributed by atoms with E-state index < -0.39 is 5.97 Å². The van der Waals surface area contributed by atoms with Gasteiger partial charge in [0.15, 0.2) is 3.95 Å². The second kappa shape index (κ2) is 8.59. The van der Waals surface area contributed by atoms with Gasteiger partial charge < -0.3 is 15.8 Å². The summed E-state index contributed by atoms with van der Waals surface area (Å²) in [6.45, 7) is 5.93. The zero-order chi connectivity index (χ0) is 21.1. The summed E-state index contributed by atoms with van der Waals surface area (Å²) >= 11 is 6.58. The predicted octanol–water partition coefficient (Wildman–Crippen LogP) is 4.90. The molecule has 0 radical (unpaired) electrons. The van der Waals surface area contributed by atoms with Crippen LogP contribution in [-0.2, 0) is 4.74 Å². The first-order valence-corrected chi connectivity index (χ1v) is 10.2. The molecule has 1 heterocycles. The van der Waals surface area contributed by atoms with Gasteiger partial charge in [-0.1, -0.05) is 29.5 Å². The summed E-state index contributed by atoms with van der Waals surface area (Å²) < 4.78 is 7.05. The third-order valence-corrected chi connectivity index (χ3v) is 5.80. The van der Waals surface area contributed by atoms with Crippen LogP contribution in [0.5, 0.6) is 0 Å². The molecule has 0 bridgehead atoms. The predicted molar refractivity (Wildman–Crippen MR) is 119 cm³/mol. The van der Waals surface area contributed by atoms with E-state index in [2.05, 4.69) is 5.32 Å². The zero-order valence-corrected chi connectivity index (χ0v) is 17.9. The molecule has 0 aliphatic heterocycles. The van der Waals surface area contributed by atoms with Crippen molar-refractivity contribution in [3.05, 3.63) is 68.0 Å². The van der Waals surface area contributed by atoms with E-state index in [0.29, 0.717) is 26.7 Å². The van der Waals surface area contributed by atoms with Crippen molar-refractivity contribution >= 4 is 46.9 Å². The summed E-state index contributed by atoms with van der Waals surface area (Å²) in [5, 5.41) is 2.94. The molecular weight excluding hydrogens is 406 g/mol. The van der Waals surface area contributed by atoms with E-state index in [0.717, 1.165) is 28.2 Å². The van der Waals surface area contributed by atoms with E-state index in [-0.39, 0.29) is 11.7 Å². The second-order valence-electron chi connectivity index (χ2n) is 6.41. The molecule has 150 valence electrons. The number of para-hydroxylation sites is 1. The molecular formula is C21H21N3O3S2. The Labute approximate surface area is 177 Å². The Bertz CT molecular complexity index is 1110. The minimum absolute atomic E-state index is 0.257. The number of carbonyl (C=O) groups is 2. The third kappa shape index (κ3) is 4.23. The number of carbonyl (C=O) groups excluding carboxylic acids is 2. The Morgan fingerprint density at radius 2 is 1.76 bits per heavy atom. The van der Waals surface area contributed by atoms with Crippen LogP contribution in [0.25, 0.3) is 5.69 Å². The number of amides is 1. The molecule has 0 aliphatic carbocycles. The van der Waals surface area contributed by atoms with Gasteiger partial charge in [-0.3, -0.25) is 9.36 Å². The highest BCUT2D eigenvalue weighted by Crippen LogP contribution is 2.28. The number of hydrogen-bond acceptors (Lipinski definition) is 6. The number of esters is 1. The summed E-state index contributed by atoms with van der Waals surface area (Å²) in [5.74, 6) is -0.444. The highest BCUT2D eigenvalue weighted by molar-refractivity contribution is 7.73. The van der Waals surface area contributed by atoms with Crippen molar-refractivity contribution in [2.24, 2.45) is 0 Å². The molecule has 0 atom stereocenters. The lowest BCUT2D eigenvalue weighted by Gasteiger charge is -2.11. The summed E-state index contributed by atoms with van der Waals surface area (Å²) in [4.78, 5) is 25.0. The van der Waals surface area contributed by atoms with Gasteiger partial charge in [-0.15, -0.1) is 0 Å². The largest absolute Gasteiger partial charge is 0.462 e. The van der Waals surface area contributed by atoms with Gasteiger partial charge in [0.25, 0.3) is 5.91 Å². The maximum absolute atomic E-state index is 12.9. The van der Waals surface area contributed by atoms with Gasteiger partial charge in [0.1, 0.15) is 10.7 Å². The molecule has 29 heavy (non-hydrogen) atoms. The second-order valence-corrected chi connectivity index (χ2v) is 8.05. The van der Waals surface area contributed by atoms with Crippen molar-refractivity contribution in [2.45, 2.75) is 20.8 Å². The number of rotatable bonds is 5. The molecule has 8 heteroatoms. The first kappa shape index (κ1) is 20.8. The van der Waals surface area contributed by atoms with Crippen molar-refractivity contribution in [1.82, 2.24) is 4.57 Å². The van der Waals surface area contributed by atoms with Crippen molar-refractivity contribution in [1.29, 1.82) is 0 Å². The van der Waals surface area contributed by atoms with E-state index in [1.165, 1.54) is 0 Å². The Balaban J connectivity index is 1.92. The molecule has 6 nitrogen and oxygen atoms in total. The van der Waals surface area contributed by atoms with Gasteiger partial charge in [0.05, 0.1) is 12.2 Å². The Hall–Kier alpha value is -2.97. The number of aryl methyl sites for hydroxylation is 2. The summed E-state index contributed by atoms with van der Waals surface area (Å²) in [5.41, 5.74) is 10.1. The number of aromatic nitrogens is 1. The van der Waals surface area contributed by atoms with Crippen LogP contribution in [0, 0.1) is 17.8 Å². The molecule has 0 fully saturated rings. The van der Waals surface area contributed by atoms with Crippen molar-refractivity contribution in [3.63, 3.8) is 0 Å². The molecule has 1 aromatic heterocycles. The molecule has 0 spiro atoms. The van der Waals surface area contributed by atoms with Crippen LogP contribution in [0.2, 0.25) is 0 Å². The van der Waals surface area contributed by atoms with Crippen molar-refractivity contribution in [3.8, 4) is 5.69 Å². The first-order valence-electron chi connectivity index (χ1n) is 9.00. The van der Waals surface area contributed by atoms with Crippen LogP contribution in [0.3, 0.4) is 0 Å². The van der Waals surface area contributed by atoms with Crippen molar-refractivity contribution < 1.29 is 14.3 Å². The highest BCUT2D eigenvalue weighted by Gasteiger charge is 2.19. The monoisotopic (exact) mass is 427 g/mol. The third-order valence-electron chi connectivity index (χ3n) is 4.41. The minimum atomic E-state index is -0.394. The quantitative estimate of drug-likeness (QED) is 0.447. The van der Waals surface area contributed by atoms with Crippen molar-refractivity contribution in [2.75, 3.05) is 17.7 Å². The molecule has 0 saturated heterocycles. The number of hydrogen-bond donors (Lipinski definition) is 2. The van der Waals surface area contributed by atoms with Gasteiger partial charge in [0.2, 0.25) is 0 Å². The van der Waals surface area contributed by atoms with Crippen LogP contribution in [0.1, 0.15) is 38.1 Å². The van der Waals surface area contributed by atoms with Crippen LogP contribution in [0.15, 0.2) is 42.5 Å². The Kier molecular flexibility index (Phi) is 6.14. The molecule has 1 amide bonds. The summed E-state index contributed by atoms with van der Waals surface area (Å²) in [7, 11) is 0. The van der Waals surface area contributed by atoms with Gasteiger partial charge in [-0.25, -0.2) is 4.79 Å². The topological polar surface area (TPSA) is 86.3 Å². The number of nitrogens with zero attached hydrogens (tertiary/aromatic N) is 1. The molecule has 3 aromatic rings. The number of anilines is 2. The van der Waals surface area contributed by atoms with E-state index >= 15 is 0 Å². The zero-order valence-electron chi connectivity index (χ0n) is 16.3. The maximum atomic E-state index is 12.9. The summed E-state index contributed by atoms with van der Waals surface area (Å²) in [6, 6.07) is 12.5. The molecule has 0 saturated carbocycles. The van der Waals surface area contributed by atoms with Crippen LogP contribution in [0.4, 0.5) is 11.5 Å². The van der Waals surface area contributed by atoms with Crippen LogP contribution < -0.4 is 11.1 Å². The number of nitrogens with one attached hydrogen (secondary N) is 1. The summed E-state index contributed by atoms with van der Waals surface area (Å²) in [6.07, 6.45) is 0. The standard InChI is InChI=1S/C21H21N3O3S2/c1-4-27-20(26)14-8-10-15(11-9-14)24-18(22)17(29-21(24)28)19(25)23-16-12(2)6-5-7-13(16)3/h5-11H,4,22H2,1-3H3,(H,23,25). The van der Waals surface area contributed by atoms with Gasteiger partial charge in [-0.05, 0) is 68.4 Å². The number of nitrogens with two attached hydrogens (primary N) is 1. The average molecular weight is 428 g/mol. The number of nitrogen functional groups attached to an aromatic ring is 1. The fourth-order valence-corrected chi connectivity index (χ4v) is 4.20. The van der Waals surface area contributed by atoms with Gasteiger partial charge >= 0.3 is 5.97 Å². The molecule has 0 unspecified atom stereocenters. The highest BCUT2D eigenvalue weighted by atomic mass is 32.1. The number of benzene rings is 2. The Morgan fingerprint density at radius 3 is 2.34 bits per heavy atom. The SMILES string of the molecule is CCOC(=O)c1ccc(-n2c(N)c(C(=O)Nc3c(C)cccc3C)sc2=S)cc1. The fourth-order valence-electron chi connectivity index (χ4n) is 2.94. The van der Waals surface area contributed by atoms with E-state index in [1.54, 1.807) is 35.8 Å². The number of thiazole rings is 1. The molecule has 3 rings (SSSR count). The average Bonchev–Trinajstić information content (AvgIpc) is 2.99. The first-order chi connectivity index (χ1) is 13.8. The lowest BCUT2D eigenvalue weighted by molar-refractivity contribution is 0.0526. The number of ether oxygens (including phenoxy) is 1. The van der Waals surface area contributed by atoms with Crippen LogP contribution in [-0.4, -0.2) is 23.1 Å². The normalized spacial score (nSPS) is 10.6. The minimum Gasteiger partial charge on any atom is -0.462 e. The van der Waals surface area contributed by atoms with Gasteiger partial charge in [-0.2, -0.15) is 0 Å². The molecule has 0 aliphatic rings. The lowest BCUT2D eigenvalue weighted by Crippen LogP contribution is -2.15. The van der Waals surface area contributed by atoms with E-state index in [1.807, 2.05) is 32.0 Å². The lowest BCUT2D eigenvalue weighted by atomic mass is 10.1. The van der Waals surface area contributed by atoms with Gasteiger partial charge in [0, 0.05) is 11.4 Å². The molecule has 2 aromatic carbocycles. The smallest absolute Gasteiger partial charge is 0.338 e.